The Labute approximate surface area is 210 Å². The molecule has 2 aliphatic carbocycles. The Kier molecular flexibility index (Phi) is 6.16. The standard InChI is InChI=1S/C29H30N2O5/c1-3-15-30(17-19-7-5-4-6-8-19)27(33)25-29-14-13-21(16-29)23(28(34)35)24(29)26(32)31(25)18-20-9-11-22(36-2)12-10-20/h3-14,21,23-25H,1,15-18H2,2H3,(H,34,35)/t21?,23-,24-,25+,29?/m1/s1. The van der Waals surface area contributed by atoms with Crippen LogP contribution >= 0.6 is 0 Å². The van der Waals surface area contributed by atoms with E-state index in [1.54, 1.807) is 23.0 Å². The Balaban J connectivity index is 1.54. The molecule has 2 amide bonds. The molecule has 1 saturated carbocycles. The molecule has 1 N–H and O–H groups in total. The Morgan fingerprint density at radius 1 is 1.17 bits per heavy atom. The number of likely N-dealkylation sites (tertiary alicyclic amines) is 1. The van der Waals surface area contributed by atoms with Crippen molar-refractivity contribution in [2.24, 2.45) is 23.2 Å². The lowest BCUT2D eigenvalue weighted by Gasteiger charge is -2.36. The molecule has 1 spiro atoms. The average molecular weight is 487 g/mol. The second kappa shape index (κ2) is 9.30. The van der Waals surface area contributed by atoms with E-state index in [-0.39, 0.29) is 24.3 Å². The van der Waals surface area contributed by atoms with E-state index in [2.05, 4.69) is 6.58 Å². The van der Waals surface area contributed by atoms with Gasteiger partial charge in [-0.25, -0.2) is 0 Å². The maximum Gasteiger partial charge on any atom is 0.307 e. The minimum atomic E-state index is -0.977. The first-order chi connectivity index (χ1) is 17.4. The van der Waals surface area contributed by atoms with Crippen LogP contribution in [0.15, 0.2) is 79.4 Å². The van der Waals surface area contributed by atoms with E-state index in [1.807, 2.05) is 66.7 Å². The number of hydrogen-bond acceptors (Lipinski definition) is 4. The topological polar surface area (TPSA) is 87.2 Å². The number of benzene rings is 2. The second-order valence-electron chi connectivity index (χ2n) is 9.89. The zero-order valence-corrected chi connectivity index (χ0v) is 20.2. The first kappa shape index (κ1) is 23.9. The van der Waals surface area contributed by atoms with E-state index in [4.69, 9.17) is 4.74 Å². The molecule has 7 heteroatoms. The minimum Gasteiger partial charge on any atom is -0.497 e. The van der Waals surface area contributed by atoms with Gasteiger partial charge in [-0.1, -0.05) is 60.7 Å². The van der Waals surface area contributed by atoms with Crippen LogP contribution in [0.2, 0.25) is 0 Å². The van der Waals surface area contributed by atoms with Crippen LogP contribution in [0, 0.1) is 23.2 Å². The van der Waals surface area contributed by atoms with Gasteiger partial charge in [0.1, 0.15) is 11.8 Å². The van der Waals surface area contributed by atoms with Crippen LogP contribution in [0.25, 0.3) is 0 Å². The Hall–Kier alpha value is -3.87. The van der Waals surface area contributed by atoms with Crippen LogP contribution in [-0.2, 0) is 27.5 Å². The molecule has 0 radical (unpaired) electrons. The zero-order valence-electron chi connectivity index (χ0n) is 20.2. The summed E-state index contributed by atoms with van der Waals surface area (Å²) < 4.78 is 5.25. The molecule has 2 unspecified atom stereocenters. The van der Waals surface area contributed by atoms with E-state index >= 15 is 0 Å². The van der Waals surface area contributed by atoms with Gasteiger partial charge < -0.3 is 19.6 Å². The molecule has 2 aromatic rings. The van der Waals surface area contributed by atoms with Gasteiger partial charge in [0.05, 0.1) is 18.9 Å². The van der Waals surface area contributed by atoms with E-state index in [1.165, 1.54) is 0 Å². The molecule has 36 heavy (non-hydrogen) atoms. The fraction of sp³-hybridized carbons (Fsp3) is 0.345. The van der Waals surface area contributed by atoms with Gasteiger partial charge in [-0.05, 0) is 35.6 Å². The van der Waals surface area contributed by atoms with Crippen molar-refractivity contribution in [1.82, 2.24) is 9.80 Å². The molecule has 2 fully saturated rings. The summed E-state index contributed by atoms with van der Waals surface area (Å²) in [6.45, 7) is 4.76. The predicted octanol–water partition coefficient (Wildman–Crippen LogP) is 3.51. The summed E-state index contributed by atoms with van der Waals surface area (Å²) >= 11 is 0. The third kappa shape index (κ3) is 3.79. The highest BCUT2D eigenvalue weighted by molar-refractivity contribution is 5.98. The molecule has 1 saturated heterocycles. The van der Waals surface area contributed by atoms with Gasteiger partial charge in [0.2, 0.25) is 11.8 Å². The molecule has 2 bridgehead atoms. The van der Waals surface area contributed by atoms with Crippen LogP contribution in [0.5, 0.6) is 5.75 Å². The summed E-state index contributed by atoms with van der Waals surface area (Å²) in [6, 6.07) is 16.3. The SMILES string of the molecule is C=CCN(Cc1ccccc1)C(=O)[C@@H]1N(Cc2ccc(OC)cc2)C(=O)[C@H]2[C@H](C(=O)O)C3C=CC12C3. The summed E-state index contributed by atoms with van der Waals surface area (Å²) in [5.74, 6) is -2.53. The highest BCUT2D eigenvalue weighted by Crippen LogP contribution is 2.63. The Morgan fingerprint density at radius 3 is 2.53 bits per heavy atom. The van der Waals surface area contributed by atoms with Gasteiger partial charge in [-0.15, -0.1) is 6.58 Å². The molecule has 2 aromatic carbocycles. The van der Waals surface area contributed by atoms with Crippen molar-refractivity contribution in [2.75, 3.05) is 13.7 Å². The van der Waals surface area contributed by atoms with Crippen molar-refractivity contribution in [1.29, 1.82) is 0 Å². The van der Waals surface area contributed by atoms with Gasteiger partial charge in [-0.2, -0.15) is 0 Å². The number of allylic oxidation sites excluding steroid dienone is 1. The van der Waals surface area contributed by atoms with Crippen LogP contribution in [-0.4, -0.2) is 52.4 Å². The monoisotopic (exact) mass is 486 g/mol. The van der Waals surface area contributed by atoms with E-state index in [0.29, 0.717) is 25.3 Å². The molecule has 1 heterocycles. The number of rotatable bonds is 9. The van der Waals surface area contributed by atoms with E-state index < -0.39 is 29.3 Å². The quantitative estimate of drug-likeness (QED) is 0.548. The molecule has 3 aliphatic rings. The van der Waals surface area contributed by atoms with Gasteiger partial charge in [-0.3, -0.25) is 14.4 Å². The summed E-state index contributed by atoms with van der Waals surface area (Å²) in [5, 5.41) is 10.0. The summed E-state index contributed by atoms with van der Waals surface area (Å²) in [5.41, 5.74) is 0.995. The molecule has 1 aliphatic heterocycles. The lowest BCUT2D eigenvalue weighted by atomic mass is 9.71. The lowest BCUT2D eigenvalue weighted by molar-refractivity contribution is -0.149. The fourth-order valence-corrected chi connectivity index (χ4v) is 6.41. The van der Waals surface area contributed by atoms with Crippen molar-refractivity contribution >= 4 is 17.8 Å². The number of amides is 2. The van der Waals surface area contributed by atoms with Crippen molar-refractivity contribution in [3.63, 3.8) is 0 Å². The maximum absolute atomic E-state index is 14.3. The second-order valence-corrected chi connectivity index (χ2v) is 9.89. The number of methoxy groups -OCH3 is 1. The van der Waals surface area contributed by atoms with Crippen molar-refractivity contribution in [3.8, 4) is 5.75 Å². The van der Waals surface area contributed by atoms with Crippen LogP contribution in [0.3, 0.4) is 0 Å². The number of hydrogen-bond donors (Lipinski definition) is 1. The summed E-state index contributed by atoms with van der Waals surface area (Å²) in [7, 11) is 1.59. The minimum absolute atomic E-state index is 0.181. The van der Waals surface area contributed by atoms with Gasteiger partial charge >= 0.3 is 5.97 Å². The predicted molar refractivity (Wildman–Crippen MR) is 134 cm³/mol. The molecular weight excluding hydrogens is 456 g/mol. The number of carboxylic acids is 1. The van der Waals surface area contributed by atoms with Gasteiger partial charge in [0.25, 0.3) is 0 Å². The number of carboxylic acid groups (broad SMARTS) is 1. The smallest absolute Gasteiger partial charge is 0.307 e. The molecular formula is C29H30N2O5. The molecule has 186 valence electrons. The number of carbonyl (C=O) groups is 3. The Bertz CT molecular complexity index is 1210. The fourth-order valence-electron chi connectivity index (χ4n) is 6.41. The first-order valence-electron chi connectivity index (χ1n) is 12.2. The third-order valence-electron chi connectivity index (χ3n) is 7.92. The molecule has 5 rings (SSSR count). The zero-order chi connectivity index (χ0) is 25.4. The molecule has 7 nitrogen and oxygen atoms in total. The number of carbonyl (C=O) groups excluding carboxylic acids is 2. The first-order valence-corrected chi connectivity index (χ1v) is 12.2. The van der Waals surface area contributed by atoms with Crippen LogP contribution in [0.1, 0.15) is 17.5 Å². The third-order valence-corrected chi connectivity index (χ3v) is 7.92. The number of aliphatic carboxylic acids is 1. The van der Waals surface area contributed by atoms with Crippen LogP contribution in [0.4, 0.5) is 0 Å². The van der Waals surface area contributed by atoms with Crippen molar-refractivity contribution in [2.45, 2.75) is 25.6 Å². The highest BCUT2D eigenvalue weighted by Gasteiger charge is 2.71. The van der Waals surface area contributed by atoms with Crippen molar-refractivity contribution < 1.29 is 24.2 Å². The Morgan fingerprint density at radius 2 is 1.89 bits per heavy atom. The van der Waals surface area contributed by atoms with Gasteiger partial charge in [0.15, 0.2) is 0 Å². The largest absolute Gasteiger partial charge is 0.497 e. The van der Waals surface area contributed by atoms with E-state index in [9.17, 15) is 19.5 Å². The van der Waals surface area contributed by atoms with Gasteiger partial charge in [0, 0.05) is 25.0 Å². The molecule has 0 aromatic heterocycles. The number of ether oxygens (including phenoxy) is 1. The molecule has 5 atom stereocenters. The maximum atomic E-state index is 14.3. The summed E-state index contributed by atoms with van der Waals surface area (Å²) in [4.78, 5) is 43.7. The van der Waals surface area contributed by atoms with Crippen LogP contribution < -0.4 is 4.74 Å². The number of nitrogens with zero attached hydrogens (tertiary/aromatic N) is 2. The average Bonchev–Trinajstić information content (AvgIpc) is 3.52. The lowest BCUT2D eigenvalue weighted by Crippen LogP contribution is -2.51. The highest BCUT2D eigenvalue weighted by atomic mass is 16.5. The van der Waals surface area contributed by atoms with Crippen molar-refractivity contribution in [3.05, 3.63) is 90.5 Å². The summed E-state index contributed by atoms with van der Waals surface area (Å²) in [6.07, 6.45) is 6.02. The normalized spacial score (nSPS) is 27.7. The number of fused-ring (bicyclic) bond motifs is 1. The van der Waals surface area contributed by atoms with E-state index in [0.717, 1.165) is 11.1 Å².